The van der Waals surface area contributed by atoms with Crippen molar-refractivity contribution in [2.45, 2.75) is 41.3 Å². The van der Waals surface area contributed by atoms with Gasteiger partial charge in [-0.25, -0.2) is 9.97 Å². The zero-order chi connectivity index (χ0) is 39.3. The molecule has 4 heterocycles. The van der Waals surface area contributed by atoms with Crippen LogP contribution in [0.1, 0.15) is 29.5 Å². The molecule has 0 aliphatic carbocycles. The number of carbonyl (C=O) groups is 2. The van der Waals surface area contributed by atoms with Crippen molar-refractivity contribution in [3.8, 4) is 0 Å². The van der Waals surface area contributed by atoms with Gasteiger partial charge in [0.25, 0.3) is 0 Å². The number of halogens is 2. The summed E-state index contributed by atoms with van der Waals surface area (Å²) >= 11 is 15.8. The normalized spacial score (nSPS) is 12.9. The van der Waals surface area contributed by atoms with Crippen LogP contribution in [0.15, 0.2) is 93.6 Å². The van der Waals surface area contributed by atoms with E-state index in [-0.39, 0.29) is 17.2 Å². The van der Waals surface area contributed by atoms with E-state index in [0.29, 0.717) is 11.5 Å². The van der Waals surface area contributed by atoms with Crippen LogP contribution < -0.4 is 15.5 Å². The van der Waals surface area contributed by atoms with Gasteiger partial charge in [0.2, 0.25) is 11.8 Å². The summed E-state index contributed by atoms with van der Waals surface area (Å²) in [6.07, 6.45) is 4.17. The molecule has 55 heavy (non-hydrogen) atoms. The van der Waals surface area contributed by atoms with Crippen LogP contribution in [0.3, 0.4) is 0 Å². The van der Waals surface area contributed by atoms with Crippen molar-refractivity contribution in [2.75, 3.05) is 45.5 Å². The molecular weight excluding hydrogens is 836 g/mol. The highest BCUT2D eigenvalue weighted by Crippen LogP contribution is 2.34. The van der Waals surface area contributed by atoms with E-state index in [1.165, 1.54) is 33.2 Å². The Kier molecular flexibility index (Phi) is 16.2. The number of anilines is 3. The predicted octanol–water partition coefficient (Wildman–Crippen LogP) is 9.68. The fraction of sp³-hybridized carbons (Fsp3) is 0.263. The summed E-state index contributed by atoms with van der Waals surface area (Å²) in [5.41, 5.74) is 14.4. The molecule has 0 radical (unpaired) electrons. The van der Waals surface area contributed by atoms with E-state index in [1.807, 2.05) is 64.4 Å². The number of aryl methyl sites for hydroxylation is 3. The number of nitrogens with one attached hydrogen (secondary N) is 1. The lowest BCUT2D eigenvalue weighted by Crippen LogP contribution is -2.36. The number of aromatic nitrogens is 2. The van der Waals surface area contributed by atoms with Gasteiger partial charge < -0.3 is 15.5 Å². The highest BCUT2D eigenvalue weighted by molar-refractivity contribution is 8.02. The number of rotatable bonds is 6. The third-order valence-corrected chi connectivity index (χ3v) is 12.7. The van der Waals surface area contributed by atoms with Crippen LogP contribution in [-0.4, -0.2) is 60.1 Å². The summed E-state index contributed by atoms with van der Waals surface area (Å²) in [5, 5.41) is 0.194. The van der Waals surface area contributed by atoms with E-state index in [4.69, 9.17) is 42.1 Å². The van der Waals surface area contributed by atoms with Crippen molar-refractivity contribution >= 4 is 129 Å². The number of benzene rings is 4. The Bertz CT molecular complexity index is 2220. The number of nitrogens with zero attached hydrogens (tertiary/aromatic N) is 4. The highest BCUT2D eigenvalue weighted by atomic mass is 35.5. The Balaban J connectivity index is 0.000000181. The van der Waals surface area contributed by atoms with E-state index in [9.17, 15) is 9.59 Å². The summed E-state index contributed by atoms with van der Waals surface area (Å²) in [6, 6.07) is 28.4. The second-order valence-electron chi connectivity index (χ2n) is 12.1. The molecule has 2 aromatic heterocycles. The van der Waals surface area contributed by atoms with Crippen molar-refractivity contribution in [3.05, 3.63) is 102 Å². The number of amides is 2. The van der Waals surface area contributed by atoms with E-state index in [2.05, 4.69) is 47.2 Å². The maximum atomic E-state index is 12.7. The molecule has 17 heteroatoms. The molecule has 288 valence electrons. The van der Waals surface area contributed by atoms with Crippen LogP contribution >= 0.6 is 69.4 Å². The number of hydrogen-bond acceptors (Lipinski definition) is 12. The molecule has 0 unspecified atom stereocenters. The first kappa shape index (κ1) is 42.4. The molecule has 0 atom stereocenters. The van der Waals surface area contributed by atoms with Crippen LogP contribution in [0.5, 0.6) is 0 Å². The summed E-state index contributed by atoms with van der Waals surface area (Å²) in [5.74, 6) is 1.16. The molecule has 0 bridgehead atoms. The number of thioether (sulfide) groups is 2. The minimum atomic E-state index is -2.61. The zero-order valence-corrected chi connectivity index (χ0v) is 35.3. The molecule has 6 aromatic rings. The quantitative estimate of drug-likeness (QED) is 0.0948. The molecule has 8 rings (SSSR count). The number of nitrogens with two attached hydrogens (primary N) is 1. The third kappa shape index (κ3) is 12.1. The summed E-state index contributed by atoms with van der Waals surface area (Å²) in [7, 11) is -2.61. The lowest BCUT2D eigenvalue weighted by Gasteiger charge is -2.29. The Hall–Kier alpha value is -3.70. The van der Waals surface area contributed by atoms with Gasteiger partial charge in [-0.15, -0.1) is 45.9 Å². The van der Waals surface area contributed by atoms with Gasteiger partial charge in [-0.1, -0.05) is 66.0 Å². The lowest BCUT2D eigenvalue weighted by atomic mass is 10.0. The largest absolute Gasteiger partial charge is 0.399 e. The van der Waals surface area contributed by atoms with Crippen molar-refractivity contribution in [2.24, 2.45) is 0 Å². The number of hydrogen-bond donors (Lipinski definition) is 2. The molecule has 2 aliphatic rings. The van der Waals surface area contributed by atoms with E-state index >= 15 is 0 Å². The van der Waals surface area contributed by atoms with Crippen molar-refractivity contribution in [3.63, 3.8) is 0 Å². The molecule has 2 amide bonds. The van der Waals surface area contributed by atoms with Gasteiger partial charge in [-0.05, 0) is 91.8 Å². The van der Waals surface area contributed by atoms with Gasteiger partial charge >= 0.3 is 10.5 Å². The van der Waals surface area contributed by atoms with Crippen molar-refractivity contribution in [1.82, 2.24) is 9.97 Å². The Labute approximate surface area is 347 Å². The second kappa shape index (κ2) is 21.0. The first-order chi connectivity index (χ1) is 26.6. The van der Waals surface area contributed by atoms with Crippen LogP contribution in [-0.2, 0) is 32.9 Å². The van der Waals surface area contributed by atoms with Gasteiger partial charge in [-0.2, -0.15) is 13.2 Å². The smallest absolute Gasteiger partial charge is 0.308 e. The molecule has 0 fully saturated rings. The molecule has 4 aromatic carbocycles. The summed E-state index contributed by atoms with van der Waals surface area (Å²) in [4.78, 5) is 38.4. The Morgan fingerprint density at radius 3 is 1.69 bits per heavy atom. The molecule has 0 saturated heterocycles. The van der Waals surface area contributed by atoms with Crippen molar-refractivity contribution < 1.29 is 18.0 Å². The van der Waals surface area contributed by atoms with Crippen LogP contribution in [0.4, 0.5) is 17.1 Å². The Morgan fingerprint density at radius 2 is 1.20 bits per heavy atom. The van der Waals surface area contributed by atoms with Gasteiger partial charge in [0.05, 0.1) is 37.3 Å². The molecule has 0 saturated carbocycles. The van der Waals surface area contributed by atoms with Crippen molar-refractivity contribution in [1.29, 1.82) is 4.78 Å². The molecule has 10 nitrogen and oxygen atoms in total. The summed E-state index contributed by atoms with van der Waals surface area (Å²) in [6.45, 7) is 3.70. The number of nitrogen functional groups attached to an aromatic ring is 1. The van der Waals surface area contributed by atoms with Gasteiger partial charge in [0.1, 0.15) is 0 Å². The predicted molar refractivity (Wildman–Crippen MR) is 232 cm³/mol. The second-order valence-corrected chi connectivity index (χ2v) is 17.9. The fourth-order valence-corrected chi connectivity index (χ4v) is 10.1. The monoisotopic (exact) mass is 872 g/mol. The zero-order valence-electron chi connectivity index (χ0n) is 29.7. The maximum absolute atomic E-state index is 12.7. The minimum absolute atomic E-state index is 0.144. The van der Waals surface area contributed by atoms with Gasteiger partial charge in [-0.3, -0.25) is 9.59 Å². The first-order valence-corrected chi connectivity index (χ1v) is 22.8. The van der Waals surface area contributed by atoms with Crippen LogP contribution in [0.2, 0.25) is 0 Å². The van der Waals surface area contributed by atoms with Gasteiger partial charge in [0.15, 0.2) is 8.68 Å². The summed E-state index contributed by atoms with van der Waals surface area (Å²) < 4.78 is 27.0. The standard InChI is InChI=1S/C19H18N2OS2.C18H17N3OS2.CH2Cl2.HNO2S/c1-13-8-9-15-17(11-13)24-19(20-15)23-12-18(22)21-10-4-6-14-5-2-3-7-16(14)21;19-13-7-8-14-16(10-13)24-18(20-14)23-11-17(22)21-9-3-5-12-4-1-2-6-15(12)21;2-1-3;1-4(2)3/h2-3,5,7-9,11H,4,6,10,12H2,1H3;1-2,4,6-8,10H,3,5,9,11,19H2;1H2;1H. The average molecular weight is 874 g/mol. The first-order valence-electron chi connectivity index (χ1n) is 17.0. The van der Waals surface area contributed by atoms with Crippen LogP contribution in [0, 0.1) is 11.7 Å². The molecule has 3 N–H and O–H groups in total. The lowest BCUT2D eigenvalue weighted by molar-refractivity contribution is -0.117. The SMILES string of the molecule is Cc1ccc2nc(SCC(=O)N3CCCc4ccccc43)sc2c1.ClCCl.N=S(=O)=O.Nc1ccc2nc(SCC(=O)N3CCCc4ccccc43)sc2c1. The van der Waals surface area contributed by atoms with E-state index in [0.717, 1.165) is 80.2 Å². The molecule has 2 aliphatic heterocycles. The minimum Gasteiger partial charge on any atom is -0.399 e. The Morgan fingerprint density at radius 1 is 0.764 bits per heavy atom. The maximum Gasteiger partial charge on any atom is 0.308 e. The van der Waals surface area contributed by atoms with Gasteiger partial charge in [0, 0.05) is 30.2 Å². The number of alkyl halides is 2. The average Bonchev–Trinajstić information content (AvgIpc) is 3.78. The van der Waals surface area contributed by atoms with E-state index in [1.54, 1.807) is 34.4 Å². The number of fused-ring (bicyclic) bond motifs is 4. The number of para-hydroxylation sites is 2. The van der Waals surface area contributed by atoms with E-state index < -0.39 is 10.5 Å². The number of thiazole rings is 2. The fourth-order valence-electron chi connectivity index (χ4n) is 6.04. The highest BCUT2D eigenvalue weighted by Gasteiger charge is 2.24. The molecule has 0 spiro atoms. The third-order valence-electron chi connectivity index (χ3n) is 8.38. The number of carbonyl (C=O) groups excluding carboxylic acids is 2. The topological polar surface area (TPSA) is 150 Å². The van der Waals surface area contributed by atoms with Crippen LogP contribution in [0.25, 0.3) is 20.4 Å². The molecular formula is C38H38Cl2N6O4S5.